The number of ether oxygens (including phenoxy) is 1. The predicted molar refractivity (Wildman–Crippen MR) is 80.3 cm³/mol. The second-order valence-electron chi connectivity index (χ2n) is 4.94. The molecule has 0 radical (unpaired) electrons. The Bertz CT molecular complexity index is 574. The number of carbonyl (C=O) groups is 1. The largest absolute Gasteiger partial charge is 0.377 e. The Morgan fingerprint density at radius 3 is 3.19 bits per heavy atom. The zero-order valence-electron chi connectivity index (χ0n) is 11.6. The van der Waals surface area contributed by atoms with Gasteiger partial charge in [-0.2, -0.15) is 0 Å². The number of morpholine rings is 1. The van der Waals surface area contributed by atoms with Crippen LogP contribution >= 0.6 is 11.3 Å². The highest BCUT2D eigenvalue weighted by molar-refractivity contribution is 7.12. The van der Waals surface area contributed by atoms with Gasteiger partial charge in [0, 0.05) is 25.1 Å². The van der Waals surface area contributed by atoms with Gasteiger partial charge in [0.25, 0.3) is 5.91 Å². The summed E-state index contributed by atoms with van der Waals surface area (Å²) in [6, 6.07) is 3.89. The number of aryl methyl sites for hydroxylation is 1. The van der Waals surface area contributed by atoms with Crippen LogP contribution in [0.5, 0.6) is 0 Å². The number of hydrogen-bond donors (Lipinski definition) is 0. The molecule has 1 aliphatic rings. The average Bonchev–Trinajstić information content (AvgIpc) is 3.08. The lowest BCUT2D eigenvalue weighted by molar-refractivity contribution is -0.00387. The normalized spacial score (nSPS) is 18.7. The van der Waals surface area contributed by atoms with Crippen molar-refractivity contribution < 1.29 is 9.53 Å². The fourth-order valence-electron chi connectivity index (χ4n) is 2.48. The third-order valence-corrected chi connectivity index (χ3v) is 4.43. The van der Waals surface area contributed by atoms with Gasteiger partial charge in [0.2, 0.25) is 0 Å². The summed E-state index contributed by atoms with van der Waals surface area (Å²) in [5.74, 6) is 0.109. The molecule has 1 aliphatic heterocycles. The minimum absolute atomic E-state index is 0.107. The van der Waals surface area contributed by atoms with E-state index in [2.05, 4.69) is 9.97 Å². The summed E-state index contributed by atoms with van der Waals surface area (Å²) in [5, 5.41) is 1.93. The quantitative estimate of drug-likeness (QED) is 0.867. The van der Waals surface area contributed by atoms with Crippen LogP contribution < -0.4 is 0 Å². The van der Waals surface area contributed by atoms with Crippen molar-refractivity contribution in [3.05, 3.63) is 46.7 Å². The average molecular weight is 303 g/mol. The number of hydrogen-bond acceptors (Lipinski definition) is 5. The molecule has 0 aliphatic carbocycles. The lowest BCUT2D eigenvalue weighted by Gasteiger charge is -2.35. The lowest BCUT2D eigenvalue weighted by atomic mass is 10.1. The third kappa shape index (κ3) is 3.46. The zero-order chi connectivity index (χ0) is 14.5. The van der Waals surface area contributed by atoms with Crippen LogP contribution in [0.25, 0.3) is 0 Å². The van der Waals surface area contributed by atoms with Crippen molar-refractivity contribution in [2.75, 3.05) is 19.8 Å². The summed E-state index contributed by atoms with van der Waals surface area (Å²) in [6.45, 7) is 1.86. The van der Waals surface area contributed by atoms with E-state index >= 15 is 0 Å². The molecule has 0 spiro atoms. The summed E-state index contributed by atoms with van der Waals surface area (Å²) in [5.41, 5.74) is 0.951. The predicted octanol–water partition coefficient (Wildman–Crippen LogP) is 2.01. The Labute approximate surface area is 127 Å². The highest BCUT2D eigenvalue weighted by Gasteiger charge is 2.28. The molecule has 110 valence electrons. The molecule has 0 unspecified atom stereocenters. The van der Waals surface area contributed by atoms with Crippen molar-refractivity contribution in [2.45, 2.75) is 18.9 Å². The highest BCUT2D eigenvalue weighted by atomic mass is 32.1. The minimum atomic E-state index is 0.107. The van der Waals surface area contributed by atoms with Crippen LogP contribution in [0.1, 0.15) is 21.8 Å². The summed E-state index contributed by atoms with van der Waals surface area (Å²) < 4.78 is 5.54. The second kappa shape index (κ2) is 6.78. The lowest BCUT2D eigenvalue weighted by Crippen LogP contribution is -2.48. The fourth-order valence-corrected chi connectivity index (χ4v) is 3.16. The molecule has 2 aromatic rings. The standard InChI is InChI=1S/C15H17N3O2S/c19-15(14-2-1-9-21-14)18-7-8-20-11-13(18)4-3-12-10-16-5-6-17-12/h1-2,5-6,9-10,13H,3-4,7-8,11H2/t13-/m0/s1. The van der Waals surface area contributed by atoms with E-state index < -0.39 is 0 Å². The first-order valence-corrected chi connectivity index (χ1v) is 7.89. The summed E-state index contributed by atoms with van der Waals surface area (Å²) >= 11 is 1.49. The van der Waals surface area contributed by atoms with E-state index in [4.69, 9.17) is 4.74 Å². The van der Waals surface area contributed by atoms with Crippen LogP contribution in [0.15, 0.2) is 36.1 Å². The molecule has 2 aromatic heterocycles. The monoisotopic (exact) mass is 303 g/mol. The molecule has 0 N–H and O–H groups in total. The van der Waals surface area contributed by atoms with Gasteiger partial charge in [-0.15, -0.1) is 11.3 Å². The number of rotatable bonds is 4. The van der Waals surface area contributed by atoms with Crippen molar-refractivity contribution in [1.82, 2.24) is 14.9 Å². The first-order valence-electron chi connectivity index (χ1n) is 7.01. The molecular formula is C15H17N3O2S. The molecule has 0 bridgehead atoms. The molecule has 0 saturated carbocycles. The van der Waals surface area contributed by atoms with E-state index in [-0.39, 0.29) is 11.9 Å². The van der Waals surface area contributed by atoms with Gasteiger partial charge in [-0.05, 0) is 24.3 Å². The van der Waals surface area contributed by atoms with Gasteiger partial charge in [-0.3, -0.25) is 14.8 Å². The summed E-state index contributed by atoms with van der Waals surface area (Å²) in [7, 11) is 0. The number of amides is 1. The fraction of sp³-hybridized carbons (Fsp3) is 0.400. The molecule has 3 heterocycles. The van der Waals surface area contributed by atoms with Gasteiger partial charge >= 0.3 is 0 Å². The second-order valence-corrected chi connectivity index (χ2v) is 5.89. The van der Waals surface area contributed by atoms with Crippen LogP contribution in [0, 0.1) is 0 Å². The van der Waals surface area contributed by atoms with E-state index in [0.717, 1.165) is 23.4 Å². The van der Waals surface area contributed by atoms with E-state index in [9.17, 15) is 4.79 Å². The Morgan fingerprint density at radius 2 is 2.43 bits per heavy atom. The van der Waals surface area contributed by atoms with Crippen LogP contribution in [-0.4, -0.2) is 46.6 Å². The Morgan fingerprint density at radius 1 is 1.48 bits per heavy atom. The van der Waals surface area contributed by atoms with Gasteiger partial charge in [0.05, 0.1) is 29.8 Å². The van der Waals surface area contributed by atoms with E-state index in [1.165, 1.54) is 11.3 Å². The van der Waals surface area contributed by atoms with Crippen molar-refractivity contribution >= 4 is 17.2 Å². The molecule has 1 amide bonds. The Balaban J connectivity index is 1.65. The number of nitrogens with zero attached hydrogens (tertiary/aromatic N) is 3. The van der Waals surface area contributed by atoms with Crippen molar-refractivity contribution in [3.8, 4) is 0 Å². The van der Waals surface area contributed by atoms with Gasteiger partial charge in [-0.1, -0.05) is 6.07 Å². The van der Waals surface area contributed by atoms with Crippen LogP contribution in [0.2, 0.25) is 0 Å². The maximum Gasteiger partial charge on any atom is 0.264 e. The molecule has 3 rings (SSSR count). The van der Waals surface area contributed by atoms with E-state index in [0.29, 0.717) is 19.8 Å². The zero-order valence-corrected chi connectivity index (χ0v) is 12.5. The molecule has 5 nitrogen and oxygen atoms in total. The number of carbonyl (C=O) groups excluding carboxylic acids is 1. The molecule has 1 fully saturated rings. The van der Waals surface area contributed by atoms with Crippen LogP contribution in [-0.2, 0) is 11.2 Å². The van der Waals surface area contributed by atoms with Gasteiger partial charge < -0.3 is 9.64 Å². The topological polar surface area (TPSA) is 55.3 Å². The molecular weight excluding hydrogens is 286 g/mol. The SMILES string of the molecule is O=C(c1cccs1)N1CCOC[C@@H]1CCc1cnccn1. The number of thiophene rings is 1. The first-order chi connectivity index (χ1) is 10.3. The Hall–Kier alpha value is -1.79. The van der Waals surface area contributed by atoms with Crippen molar-refractivity contribution in [2.24, 2.45) is 0 Å². The summed E-state index contributed by atoms with van der Waals surface area (Å²) in [4.78, 5) is 23.6. The minimum Gasteiger partial charge on any atom is -0.377 e. The number of aromatic nitrogens is 2. The van der Waals surface area contributed by atoms with Gasteiger partial charge in [0.15, 0.2) is 0 Å². The Kier molecular flexibility index (Phi) is 4.57. The van der Waals surface area contributed by atoms with Gasteiger partial charge in [-0.25, -0.2) is 0 Å². The molecule has 1 saturated heterocycles. The highest BCUT2D eigenvalue weighted by Crippen LogP contribution is 2.19. The van der Waals surface area contributed by atoms with Crippen molar-refractivity contribution in [3.63, 3.8) is 0 Å². The third-order valence-electron chi connectivity index (χ3n) is 3.57. The first kappa shape index (κ1) is 14.2. The maximum atomic E-state index is 12.5. The maximum absolute atomic E-state index is 12.5. The molecule has 6 heteroatoms. The molecule has 0 aromatic carbocycles. The smallest absolute Gasteiger partial charge is 0.264 e. The van der Waals surface area contributed by atoms with Crippen LogP contribution in [0.4, 0.5) is 0 Å². The van der Waals surface area contributed by atoms with Crippen LogP contribution in [0.3, 0.4) is 0 Å². The molecule has 1 atom stereocenters. The van der Waals surface area contributed by atoms with E-state index in [1.54, 1.807) is 18.6 Å². The van der Waals surface area contributed by atoms with Gasteiger partial charge in [0.1, 0.15) is 0 Å². The summed E-state index contributed by atoms with van der Waals surface area (Å²) in [6.07, 6.45) is 6.78. The van der Waals surface area contributed by atoms with Crippen molar-refractivity contribution in [1.29, 1.82) is 0 Å². The molecule has 21 heavy (non-hydrogen) atoms. The van der Waals surface area contributed by atoms with E-state index in [1.807, 2.05) is 22.4 Å².